The molecule has 1 heteroatoms. The van der Waals surface area contributed by atoms with Gasteiger partial charge in [-0.2, -0.15) is 0 Å². The van der Waals surface area contributed by atoms with E-state index in [1.807, 2.05) is 13.0 Å². The summed E-state index contributed by atoms with van der Waals surface area (Å²) in [5.41, 5.74) is 1.16. The second-order valence-electron chi connectivity index (χ2n) is 3.16. The summed E-state index contributed by atoms with van der Waals surface area (Å²) in [4.78, 5) is 4.56. The van der Waals surface area contributed by atoms with Gasteiger partial charge in [-0.3, -0.25) is 4.99 Å². The Hall–Kier alpha value is -0.590. The molecule has 0 saturated carbocycles. The van der Waals surface area contributed by atoms with Gasteiger partial charge in [0.25, 0.3) is 0 Å². The smallest absolute Gasteiger partial charge is 0.0578 e. The molecule has 64 valence electrons. The van der Waals surface area contributed by atoms with Gasteiger partial charge in [-0.15, -0.1) is 0 Å². The summed E-state index contributed by atoms with van der Waals surface area (Å²) in [5, 5.41) is 0. The highest BCUT2D eigenvalue weighted by atomic mass is 14.8. The first-order valence-electron chi connectivity index (χ1n) is 4.27. The lowest BCUT2D eigenvalue weighted by molar-refractivity contribution is 0.441. The van der Waals surface area contributed by atoms with Gasteiger partial charge in [-0.1, -0.05) is 20.4 Å². The number of rotatable bonds is 4. The van der Waals surface area contributed by atoms with Crippen LogP contribution in [0.4, 0.5) is 0 Å². The van der Waals surface area contributed by atoms with Crippen LogP contribution in [0.3, 0.4) is 0 Å². The van der Waals surface area contributed by atoms with E-state index in [4.69, 9.17) is 0 Å². The number of hydrogen-bond donors (Lipinski definition) is 0. The maximum absolute atomic E-state index is 4.56. The van der Waals surface area contributed by atoms with Crippen LogP contribution >= 0.6 is 0 Å². The van der Waals surface area contributed by atoms with E-state index in [2.05, 4.69) is 32.3 Å². The predicted octanol–water partition coefficient (Wildman–Crippen LogP) is 3.21. The number of aliphatic imine (C=N–C) groups is 1. The lowest BCUT2D eigenvalue weighted by atomic mass is 9.96. The number of nitrogens with zero attached hydrogens (tertiary/aromatic N) is 1. The summed E-state index contributed by atoms with van der Waals surface area (Å²) in [7, 11) is 0. The Labute approximate surface area is 70.2 Å². The van der Waals surface area contributed by atoms with Crippen LogP contribution in [0.15, 0.2) is 17.6 Å². The molecule has 0 aromatic heterocycles. The Morgan fingerprint density at radius 2 is 1.91 bits per heavy atom. The van der Waals surface area contributed by atoms with E-state index >= 15 is 0 Å². The summed E-state index contributed by atoms with van der Waals surface area (Å²) in [6, 6.07) is 0. The molecule has 1 nitrogen and oxygen atoms in total. The second kappa shape index (κ2) is 4.32. The molecule has 0 spiro atoms. The third-order valence-electron chi connectivity index (χ3n) is 2.27. The van der Waals surface area contributed by atoms with Crippen LogP contribution in [0.2, 0.25) is 0 Å². The molecule has 0 aromatic rings. The molecule has 0 aliphatic rings. The molecule has 0 aliphatic heterocycles. The van der Waals surface area contributed by atoms with Crippen LogP contribution in [-0.2, 0) is 0 Å². The Balaban J connectivity index is 4.39. The van der Waals surface area contributed by atoms with Gasteiger partial charge in [0.1, 0.15) is 0 Å². The Morgan fingerprint density at radius 3 is 2.18 bits per heavy atom. The molecule has 0 aromatic carbocycles. The van der Waals surface area contributed by atoms with Gasteiger partial charge >= 0.3 is 0 Å². The molecular weight excluding hydrogens is 134 g/mol. The van der Waals surface area contributed by atoms with Crippen molar-refractivity contribution in [3.63, 3.8) is 0 Å². The van der Waals surface area contributed by atoms with Gasteiger partial charge in [-0.25, -0.2) is 0 Å². The minimum Gasteiger partial charge on any atom is -0.284 e. The second-order valence-corrected chi connectivity index (χ2v) is 3.16. The summed E-state index contributed by atoms with van der Waals surface area (Å²) >= 11 is 0. The van der Waals surface area contributed by atoms with E-state index in [9.17, 15) is 0 Å². The van der Waals surface area contributed by atoms with E-state index in [-0.39, 0.29) is 5.54 Å². The fraction of sp³-hybridized carbons (Fsp3) is 0.700. The first-order chi connectivity index (χ1) is 5.08. The van der Waals surface area contributed by atoms with Crippen LogP contribution in [0.5, 0.6) is 0 Å². The van der Waals surface area contributed by atoms with Crippen molar-refractivity contribution in [3.05, 3.63) is 12.7 Å². The summed E-state index contributed by atoms with van der Waals surface area (Å²) in [6.45, 7) is 12.2. The summed E-state index contributed by atoms with van der Waals surface area (Å²) in [5.74, 6) is 0. The molecule has 0 fully saturated rings. The summed E-state index contributed by atoms with van der Waals surface area (Å²) < 4.78 is 0. The molecule has 0 N–H and O–H groups in total. The molecule has 0 saturated heterocycles. The van der Waals surface area contributed by atoms with E-state index in [1.54, 1.807) is 0 Å². The monoisotopic (exact) mass is 153 g/mol. The minimum atomic E-state index is 0.123. The van der Waals surface area contributed by atoms with E-state index in [0.717, 1.165) is 18.6 Å². The van der Waals surface area contributed by atoms with Crippen LogP contribution in [-0.4, -0.2) is 11.3 Å². The van der Waals surface area contributed by atoms with Gasteiger partial charge < -0.3 is 0 Å². The van der Waals surface area contributed by atoms with Gasteiger partial charge in [0.2, 0.25) is 0 Å². The molecule has 0 unspecified atom stereocenters. The standard InChI is InChI=1S/C10H19N/c1-6-9(4)11-10(5,7-2)8-3/h6H,1,7-8H2,2-5H3. The molecule has 0 rings (SSSR count). The number of allylic oxidation sites excluding steroid dienone is 1. The topological polar surface area (TPSA) is 12.4 Å². The molecule has 0 radical (unpaired) electrons. The SMILES string of the molecule is C=CC(C)=NC(C)(CC)CC. The Kier molecular flexibility index (Phi) is 4.09. The quantitative estimate of drug-likeness (QED) is 0.550. The van der Waals surface area contributed by atoms with Crippen LogP contribution in [0.25, 0.3) is 0 Å². The van der Waals surface area contributed by atoms with Crippen molar-refractivity contribution in [3.8, 4) is 0 Å². The highest BCUT2D eigenvalue weighted by Crippen LogP contribution is 2.19. The van der Waals surface area contributed by atoms with E-state index < -0.39 is 0 Å². The van der Waals surface area contributed by atoms with Gasteiger partial charge in [0.05, 0.1) is 5.54 Å². The van der Waals surface area contributed by atoms with E-state index in [1.165, 1.54) is 0 Å². The fourth-order valence-corrected chi connectivity index (χ4v) is 0.880. The maximum Gasteiger partial charge on any atom is 0.0578 e. The van der Waals surface area contributed by atoms with Crippen molar-refractivity contribution in [1.29, 1.82) is 0 Å². The third-order valence-corrected chi connectivity index (χ3v) is 2.27. The van der Waals surface area contributed by atoms with Crippen LogP contribution in [0, 0.1) is 0 Å². The Bertz CT molecular complexity index is 152. The molecule has 0 aliphatic carbocycles. The van der Waals surface area contributed by atoms with Crippen molar-refractivity contribution >= 4 is 5.71 Å². The van der Waals surface area contributed by atoms with Crippen molar-refractivity contribution < 1.29 is 0 Å². The number of hydrogen-bond acceptors (Lipinski definition) is 1. The molecule has 0 heterocycles. The van der Waals surface area contributed by atoms with Crippen LogP contribution < -0.4 is 0 Å². The van der Waals surface area contributed by atoms with Crippen molar-refractivity contribution in [2.24, 2.45) is 4.99 Å². The third kappa shape index (κ3) is 3.35. The maximum atomic E-state index is 4.56. The van der Waals surface area contributed by atoms with Crippen molar-refractivity contribution in [1.82, 2.24) is 0 Å². The first kappa shape index (κ1) is 10.4. The zero-order valence-electron chi connectivity index (χ0n) is 8.15. The molecule has 0 bridgehead atoms. The molecule has 0 atom stereocenters. The first-order valence-corrected chi connectivity index (χ1v) is 4.27. The van der Waals surface area contributed by atoms with Gasteiger partial charge in [-0.05, 0) is 32.8 Å². The zero-order valence-corrected chi connectivity index (χ0v) is 8.15. The average Bonchev–Trinajstić information content (AvgIpc) is 2.04. The highest BCUT2D eigenvalue weighted by Gasteiger charge is 2.16. The average molecular weight is 153 g/mol. The van der Waals surface area contributed by atoms with Crippen molar-refractivity contribution in [2.75, 3.05) is 0 Å². The van der Waals surface area contributed by atoms with E-state index in [0.29, 0.717) is 0 Å². The Morgan fingerprint density at radius 1 is 1.45 bits per heavy atom. The van der Waals surface area contributed by atoms with Gasteiger partial charge in [0.15, 0.2) is 0 Å². The molecule has 0 amide bonds. The molecular formula is C10H19N. The predicted molar refractivity (Wildman–Crippen MR) is 52.3 cm³/mol. The lowest BCUT2D eigenvalue weighted by Gasteiger charge is -2.21. The zero-order chi connectivity index (χ0) is 8.91. The fourth-order valence-electron chi connectivity index (χ4n) is 0.880. The largest absolute Gasteiger partial charge is 0.284 e. The minimum absolute atomic E-state index is 0.123. The molecule has 11 heavy (non-hydrogen) atoms. The normalized spacial score (nSPS) is 13.3. The van der Waals surface area contributed by atoms with Crippen LogP contribution in [0.1, 0.15) is 40.5 Å². The summed E-state index contributed by atoms with van der Waals surface area (Å²) in [6.07, 6.45) is 3.99. The highest BCUT2D eigenvalue weighted by molar-refractivity contribution is 5.92. The van der Waals surface area contributed by atoms with Gasteiger partial charge in [0, 0.05) is 5.71 Å². The lowest BCUT2D eigenvalue weighted by Crippen LogP contribution is -2.20. The van der Waals surface area contributed by atoms with Crippen molar-refractivity contribution in [2.45, 2.75) is 46.1 Å².